The third kappa shape index (κ3) is 2.99. The Morgan fingerprint density at radius 1 is 1.52 bits per heavy atom. The molecule has 2 aliphatic heterocycles. The zero-order chi connectivity index (χ0) is 14.7. The van der Waals surface area contributed by atoms with Crippen molar-refractivity contribution in [2.75, 3.05) is 26.4 Å². The van der Waals surface area contributed by atoms with E-state index in [9.17, 15) is 4.79 Å². The fourth-order valence-corrected chi connectivity index (χ4v) is 3.11. The van der Waals surface area contributed by atoms with Gasteiger partial charge in [0, 0.05) is 24.4 Å². The molecule has 1 aromatic rings. The van der Waals surface area contributed by atoms with Gasteiger partial charge in [0.15, 0.2) is 0 Å². The number of pyridine rings is 1. The lowest BCUT2D eigenvalue weighted by Crippen LogP contribution is -2.39. The van der Waals surface area contributed by atoms with E-state index >= 15 is 0 Å². The summed E-state index contributed by atoms with van der Waals surface area (Å²) in [5.74, 6) is 0.372. The lowest BCUT2D eigenvalue weighted by atomic mass is 10.0. The van der Waals surface area contributed by atoms with Gasteiger partial charge in [0.05, 0.1) is 38.4 Å². The van der Waals surface area contributed by atoms with Crippen molar-refractivity contribution in [3.8, 4) is 0 Å². The normalized spacial score (nSPS) is 27.6. The summed E-state index contributed by atoms with van der Waals surface area (Å²) >= 11 is 0. The molecule has 2 saturated heterocycles. The van der Waals surface area contributed by atoms with Crippen molar-refractivity contribution < 1.29 is 14.3 Å². The van der Waals surface area contributed by atoms with Gasteiger partial charge in [-0.3, -0.25) is 9.78 Å². The maximum Gasteiger partial charge on any atom is 0.229 e. The predicted octanol–water partition coefficient (Wildman–Crippen LogP) is 1.05. The molecule has 5 nitrogen and oxygen atoms in total. The molecular formula is C16H20N2O3. The van der Waals surface area contributed by atoms with E-state index in [-0.39, 0.29) is 24.0 Å². The van der Waals surface area contributed by atoms with Crippen molar-refractivity contribution >= 4 is 5.91 Å². The van der Waals surface area contributed by atoms with Crippen LogP contribution in [0.15, 0.2) is 37.1 Å². The molecular weight excluding hydrogens is 268 g/mol. The summed E-state index contributed by atoms with van der Waals surface area (Å²) in [6, 6.07) is 5.76. The van der Waals surface area contributed by atoms with Crippen molar-refractivity contribution in [1.29, 1.82) is 0 Å². The molecule has 3 heterocycles. The molecule has 1 aromatic heterocycles. The second-order valence-corrected chi connectivity index (χ2v) is 5.47. The van der Waals surface area contributed by atoms with Gasteiger partial charge in [-0.15, -0.1) is 6.58 Å². The second-order valence-electron chi connectivity index (χ2n) is 5.47. The van der Waals surface area contributed by atoms with Crippen LogP contribution in [0, 0.1) is 5.92 Å². The third-order valence-corrected chi connectivity index (χ3v) is 4.15. The smallest absolute Gasteiger partial charge is 0.229 e. The number of ether oxygens (including phenoxy) is 2. The van der Waals surface area contributed by atoms with Crippen molar-refractivity contribution in [1.82, 2.24) is 9.88 Å². The molecule has 0 N–H and O–H groups in total. The summed E-state index contributed by atoms with van der Waals surface area (Å²) in [5.41, 5.74) is 0.799. The number of nitrogens with zero attached hydrogens (tertiary/aromatic N) is 2. The van der Waals surface area contributed by atoms with Crippen LogP contribution in [0.4, 0.5) is 0 Å². The monoisotopic (exact) mass is 288 g/mol. The van der Waals surface area contributed by atoms with E-state index in [1.807, 2.05) is 23.1 Å². The Morgan fingerprint density at radius 3 is 3.19 bits per heavy atom. The van der Waals surface area contributed by atoms with E-state index in [4.69, 9.17) is 9.47 Å². The number of amides is 1. The maximum absolute atomic E-state index is 12.5. The average molecular weight is 288 g/mol. The first-order valence-electron chi connectivity index (χ1n) is 7.29. The minimum atomic E-state index is 0.0446. The molecule has 0 aliphatic carbocycles. The van der Waals surface area contributed by atoms with Gasteiger partial charge in [-0.05, 0) is 12.1 Å². The molecule has 0 spiro atoms. The van der Waals surface area contributed by atoms with Gasteiger partial charge in [0.1, 0.15) is 0 Å². The Labute approximate surface area is 124 Å². The van der Waals surface area contributed by atoms with Gasteiger partial charge in [0.25, 0.3) is 0 Å². The third-order valence-electron chi connectivity index (χ3n) is 4.15. The Bertz CT molecular complexity index is 506. The Morgan fingerprint density at radius 2 is 2.43 bits per heavy atom. The van der Waals surface area contributed by atoms with Crippen LogP contribution in [-0.4, -0.2) is 54.3 Å². The Balaban J connectivity index is 1.67. The molecule has 3 rings (SSSR count). The first-order chi connectivity index (χ1) is 10.3. The van der Waals surface area contributed by atoms with Gasteiger partial charge >= 0.3 is 0 Å². The van der Waals surface area contributed by atoms with E-state index in [1.54, 1.807) is 12.3 Å². The molecule has 5 heteroatoms. The van der Waals surface area contributed by atoms with Crippen LogP contribution < -0.4 is 0 Å². The van der Waals surface area contributed by atoms with Gasteiger partial charge in [-0.25, -0.2) is 0 Å². The molecule has 0 bridgehead atoms. The fourth-order valence-electron chi connectivity index (χ4n) is 3.11. The molecule has 3 atom stereocenters. The van der Waals surface area contributed by atoms with Gasteiger partial charge in [0.2, 0.25) is 5.91 Å². The first-order valence-corrected chi connectivity index (χ1v) is 7.29. The Hall–Kier alpha value is -1.72. The predicted molar refractivity (Wildman–Crippen MR) is 77.7 cm³/mol. The standard InChI is InChI=1S/C16H20N2O3/c1-2-7-21-15-9-18(14-11-20-10-13(14)15)16(19)8-12-5-3-4-6-17-12/h2-6,13-15H,1,7-11H2/t13-,14+,15-/m1/s1. The van der Waals surface area contributed by atoms with Crippen LogP contribution in [0.5, 0.6) is 0 Å². The molecule has 0 aromatic carbocycles. The lowest BCUT2D eigenvalue weighted by Gasteiger charge is -2.22. The fraction of sp³-hybridized carbons (Fsp3) is 0.500. The van der Waals surface area contributed by atoms with Gasteiger partial charge < -0.3 is 14.4 Å². The number of hydrogen-bond acceptors (Lipinski definition) is 4. The zero-order valence-electron chi connectivity index (χ0n) is 12.0. The van der Waals surface area contributed by atoms with Crippen molar-refractivity contribution in [3.63, 3.8) is 0 Å². The SMILES string of the molecule is C=CCO[C@@H]1CN(C(=O)Cc2ccccn2)[C@H]2COC[C@@H]12. The Kier molecular flexibility index (Phi) is 4.31. The van der Waals surface area contributed by atoms with Crippen molar-refractivity contribution in [2.45, 2.75) is 18.6 Å². The van der Waals surface area contributed by atoms with Gasteiger partial charge in [-0.1, -0.05) is 12.1 Å². The number of carbonyl (C=O) groups excluding carboxylic acids is 1. The number of fused-ring (bicyclic) bond motifs is 1. The molecule has 0 saturated carbocycles. The number of likely N-dealkylation sites (tertiary alicyclic amines) is 1. The first kappa shape index (κ1) is 14.2. The summed E-state index contributed by atoms with van der Waals surface area (Å²) < 4.78 is 11.3. The molecule has 0 unspecified atom stereocenters. The highest BCUT2D eigenvalue weighted by atomic mass is 16.5. The summed E-state index contributed by atoms with van der Waals surface area (Å²) in [6.07, 6.45) is 3.83. The second kappa shape index (κ2) is 6.37. The minimum Gasteiger partial charge on any atom is -0.379 e. The highest BCUT2D eigenvalue weighted by Gasteiger charge is 2.47. The number of rotatable bonds is 5. The number of hydrogen-bond donors (Lipinski definition) is 0. The summed E-state index contributed by atoms with van der Waals surface area (Å²) in [4.78, 5) is 18.7. The molecule has 2 fully saturated rings. The molecule has 1 amide bonds. The van der Waals surface area contributed by atoms with Crippen LogP contribution in [-0.2, 0) is 20.7 Å². The molecule has 2 aliphatic rings. The van der Waals surface area contributed by atoms with E-state index in [1.165, 1.54) is 0 Å². The van der Waals surface area contributed by atoms with Crippen molar-refractivity contribution in [2.24, 2.45) is 5.92 Å². The maximum atomic E-state index is 12.5. The molecule has 112 valence electrons. The zero-order valence-corrected chi connectivity index (χ0v) is 12.0. The highest BCUT2D eigenvalue weighted by Crippen LogP contribution is 2.32. The van der Waals surface area contributed by atoms with E-state index in [0.29, 0.717) is 32.8 Å². The average Bonchev–Trinajstić information content (AvgIpc) is 3.08. The highest BCUT2D eigenvalue weighted by molar-refractivity contribution is 5.79. The summed E-state index contributed by atoms with van der Waals surface area (Å²) in [6.45, 7) is 6.09. The van der Waals surface area contributed by atoms with E-state index < -0.39 is 0 Å². The summed E-state index contributed by atoms with van der Waals surface area (Å²) in [5, 5.41) is 0. The topological polar surface area (TPSA) is 51.7 Å². The van der Waals surface area contributed by atoms with Crippen LogP contribution in [0.3, 0.4) is 0 Å². The van der Waals surface area contributed by atoms with E-state index in [0.717, 1.165) is 5.69 Å². The summed E-state index contributed by atoms with van der Waals surface area (Å²) in [7, 11) is 0. The van der Waals surface area contributed by atoms with Crippen molar-refractivity contribution in [3.05, 3.63) is 42.7 Å². The molecule has 21 heavy (non-hydrogen) atoms. The van der Waals surface area contributed by atoms with Crippen LogP contribution >= 0.6 is 0 Å². The number of aromatic nitrogens is 1. The van der Waals surface area contributed by atoms with Gasteiger partial charge in [-0.2, -0.15) is 0 Å². The quantitative estimate of drug-likeness (QED) is 0.760. The largest absolute Gasteiger partial charge is 0.379 e. The lowest BCUT2D eigenvalue weighted by molar-refractivity contribution is -0.132. The molecule has 0 radical (unpaired) electrons. The van der Waals surface area contributed by atoms with E-state index in [2.05, 4.69) is 11.6 Å². The number of carbonyl (C=O) groups is 1. The van der Waals surface area contributed by atoms with Crippen LogP contribution in [0.25, 0.3) is 0 Å². The minimum absolute atomic E-state index is 0.0446. The van der Waals surface area contributed by atoms with Crippen LogP contribution in [0.1, 0.15) is 5.69 Å². The van der Waals surface area contributed by atoms with Crippen LogP contribution in [0.2, 0.25) is 0 Å².